The predicted molar refractivity (Wildman–Crippen MR) is 54.3 cm³/mol. The normalized spacial score (nSPS) is 31.0. The molecule has 1 aliphatic heterocycles. The van der Waals surface area contributed by atoms with E-state index in [1.54, 1.807) is 0 Å². The van der Waals surface area contributed by atoms with Crippen LogP contribution in [-0.2, 0) is 0 Å². The van der Waals surface area contributed by atoms with Crippen LogP contribution in [0.15, 0.2) is 0 Å². The molecule has 1 rings (SSSR count). The third-order valence-corrected chi connectivity index (χ3v) is 3.36. The molecule has 12 heavy (non-hydrogen) atoms. The van der Waals surface area contributed by atoms with Gasteiger partial charge in [0.1, 0.15) is 0 Å². The Morgan fingerprint density at radius 3 is 2.33 bits per heavy atom. The number of hydrogen-bond donors (Lipinski definition) is 1. The standard InChI is InChI=1S/C11H23N/c1-5-7-11(10(2,3)4)8-6-9-12-11/h12H,5-9H2,1-4H3. The molecule has 1 heteroatoms. The molecule has 1 saturated heterocycles. The first-order valence-electron chi connectivity index (χ1n) is 5.27. The van der Waals surface area contributed by atoms with Crippen molar-refractivity contribution in [3.05, 3.63) is 0 Å². The van der Waals surface area contributed by atoms with Gasteiger partial charge >= 0.3 is 0 Å². The Morgan fingerprint density at radius 2 is 2.00 bits per heavy atom. The zero-order chi connectivity index (χ0) is 9.24. The summed E-state index contributed by atoms with van der Waals surface area (Å²) in [4.78, 5) is 0. The second-order valence-corrected chi connectivity index (χ2v) is 5.11. The Kier molecular flexibility index (Phi) is 2.82. The Labute approximate surface area is 76.9 Å². The van der Waals surface area contributed by atoms with Crippen LogP contribution >= 0.6 is 0 Å². The van der Waals surface area contributed by atoms with Gasteiger partial charge in [0.15, 0.2) is 0 Å². The second kappa shape index (κ2) is 3.37. The molecule has 0 spiro atoms. The molecule has 1 unspecified atom stereocenters. The molecule has 1 atom stereocenters. The predicted octanol–water partition coefficient (Wildman–Crippen LogP) is 2.95. The molecule has 72 valence electrons. The minimum atomic E-state index is 0.416. The van der Waals surface area contributed by atoms with Gasteiger partial charge in [-0.2, -0.15) is 0 Å². The van der Waals surface area contributed by atoms with Crippen molar-refractivity contribution in [2.75, 3.05) is 6.54 Å². The zero-order valence-electron chi connectivity index (χ0n) is 9.04. The number of rotatable bonds is 2. The minimum Gasteiger partial charge on any atom is -0.311 e. The number of hydrogen-bond acceptors (Lipinski definition) is 1. The van der Waals surface area contributed by atoms with Crippen molar-refractivity contribution in [1.29, 1.82) is 0 Å². The largest absolute Gasteiger partial charge is 0.311 e. The summed E-state index contributed by atoms with van der Waals surface area (Å²) in [7, 11) is 0. The van der Waals surface area contributed by atoms with E-state index in [2.05, 4.69) is 33.0 Å². The summed E-state index contributed by atoms with van der Waals surface area (Å²) < 4.78 is 0. The lowest BCUT2D eigenvalue weighted by molar-refractivity contribution is 0.147. The van der Waals surface area contributed by atoms with E-state index in [-0.39, 0.29) is 0 Å². The molecule has 0 aromatic heterocycles. The van der Waals surface area contributed by atoms with E-state index in [4.69, 9.17) is 0 Å². The van der Waals surface area contributed by atoms with Crippen molar-refractivity contribution in [1.82, 2.24) is 5.32 Å². The average Bonchev–Trinajstić information content (AvgIpc) is 2.36. The van der Waals surface area contributed by atoms with E-state index in [9.17, 15) is 0 Å². The van der Waals surface area contributed by atoms with Crippen LogP contribution in [-0.4, -0.2) is 12.1 Å². The van der Waals surface area contributed by atoms with Crippen LogP contribution in [0.25, 0.3) is 0 Å². The smallest absolute Gasteiger partial charge is 0.0230 e. The van der Waals surface area contributed by atoms with Gasteiger partial charge in [0.25, 0.3) is 0 Å². The van der Waals surface area contributed by atoms with Crippen molar-refractivity contribution < 1.29 is 0 Å². The van der Waals surface area contributed by atoms with Crippen molar-refractivity contribution in [2.45, 2.75) is 58.9 Å². The highest BCUT2D eigenvalue weighted by atomic mass is 15.0. The van der Waals surface area contributed by atoms with E-state index in [0.717, 1.165) is 0 Å². The highest BCUT2D eigenvalue weighted by molar-refractivity contribution is 5.01. The molecular weight excluding hydrogens is 146 g/mol. The molecule has 0 radical (unpaired) electrons. The maximum absolute atomic E-state index is 3.71. The Bertz CT molecular complexity index is 138. The molecule has 0 aliphatic carbocycles. The monoisotopic (exact) mass is 169 g/mol. The van der Waals surface area contributed by atoms with Gasteiger partial charge < -0.3 is 5.32 Å². The van der Waals surface area contributed by atoms with Gasteiger partial charge in [-0.3, -0.25) is 0 Å². The van der Waals surface area contributed by atoms with Gasteiger partial charge in [0.05, 0.1) is 0 Å². The van der Waals surface area contributed by atoms with Gasteiger partial charge in [0.2, 0.25) is 0 Å². The molecule has 0 aromatic rings. The van der Waals surface area contributed by atoms with Gasteiger partial charge in [0, 0.05) is 5.54 Å². The maximum Gasteiger partial charge on any atom is 0.0230 e. The van der Waals surface area contributed by atoms with Crippen LogP contribution in [0.3, 0.4) is 0 Å². The summed E-state index contributed by atoms with van der Waals surface area (Å²) in [5, 5.41) is 3.71. The van der Waals surface area contributed by atoms with Crippen LogP contribution in [0, 0.1) is 5.41 Å². The zero-order valence-corrected chi connectivity index (χ0v) is 9.04. The highest BCUT2D eigenvalue weighted by Gasteiger charge is 2.42. The van der Waals surface area contributed by atoms with E-state index < -0.39 is 0 Å². The molecule has 0 saturated carbocycles. The Balaban J connectivity index is 2.72. The van der Waals surface area contributed by atoms with Gasteiger partial charge in [-0.25, -0.2) is 0 Å². The quantitative estimate of drug-likeness (QED) is 0.670. The molecule has 0 aromatic carbocycles. The summed E-state index contributed by atoms with van der Waals surface area (Å²) in [5.41, 5.74) is 0.848. The third-order valence-electron chi connectivity index (χ3n) is 3.36. The molecular formula is C11H23N. The van der Waals surface area contributed by atoms with Crippen LogP contribution in [0.2, 0.25) is 0 Å². The maximum atomic E-state index is 3.71. The molecule has 0 bridgehead atoms. The molecule has 1 aliphatic rings. The van der Waals surface area contributed by atoms with Crippen molar-refractivity contribution >= 4 is 0 Å². The molecule has 1 fully saturated rings. The van der Waals surface area contributed by atoms with E-state index >= 15 is 0 Å². The lowest BCUT2D eigenvalue weighted by Crippen LogP contribution is -2.50. The van der Waals surface area contributed by atoms with Crippen molar-refractivity contribution in [3.63, 3.8) is 0 Å². The van der Waals surface area contributed by atoms with Crippen LogP contribution in [0.4, 0.5) is 0 Å². The number of nitrogens with one attached hydrogen (secondary N) is 1. The van der Waals surface area contributed by atoms with Crippen LogP contribution < -0.4 is 5.32 Å². The van der Waals surface area contributed by atoms with E-state index in [1.165, 1.54) is 32.2 Å². The summed E-state index contributed by atoms with van der Waals surface area (Å²) >= 11 is 0. The molecule has 1 nitrogen and oxygen atoms in total. The summed E-state index contributed by atoms with van der Waals surface area (Å²) in [6.07, 6.45) is 5.35. The van der Waals surface area contributed by atoms with E-state index in [1.807, 2.05) is 0 Å². The fourth-order valence-electron chi connectivity index (χ4n) is 2.46. The highest BCUT2D eigenvalue weighted by Crippen LogP contribution is 2.40. The lowest BCUT2D eigenvalue weighted by atomic mass is 9.70. The fourth-order valence-corrected chi connectivity index (χ4v) is 2.46. The first-order chi connectivity index (χ1) is 5.52. The minimum absolute atomic E-state index is 0.416. The van der Waals surface area contributed by atoms with Gasteiger partial charge in [-0.15, -0.1) is 0 Å². The second-order valence-electron chi connectivity index (χ2n) is 5.11. The Hall–Kier alpha value is -0.0400. The molecule has 0 amide bonds. The SMILES string of the molecule is CCCC1(C(C)(C)C)CCCN1. The first-order valence-corrected chi connectivity index (χ1v) is 5.27. The fraction of sp³-hybridized carbons (Fsp3) is 1.00. The van der Waals surface area contributed by atoms with Gasteiger partial charge in [-0.05, 0) is 31.2 Å². The molecule has 1 heterocycles. The Morgan fingerprint density at radius 1 is 1.33 bits per heavy atom. The van der Waals surface area contributed by atoms with Crippen molar-refractivity contribution in [2.24, 2.45) is 5.41 Å². The molecule has 1 N–H and O–H groups in total. The third kappa shape index (κ3) is 1.66. The topological polar surface area (TPSA) is 12.0 Å². The lowest BCUT2D eigenvalue weighted by Gasteiger charge is -2.42. The van der Waals surface area contributed by atoms with Crippen LogP contribution in [0.1, 0.15) is 53.4 Å². The van der Waals surface area contributed by atoms with Crippen molar-refractivity contribution in [3.8, 4) is 0 Å². The first kappa shape index (κ1) is 10.0. The van der Waals surface area contributed by atoms with E-state index in [0.29, 0.717) is 11.0 Å². The van der Waals surface area contributed by atoms with Crippen LogP contribution in [0.5, 0.6) is 0 Å². The van der Waals surface area contributed by atoms with Gasteiger partial charge in [-0.1, -0.05) is 34.1 Å². The summed E-state index contributed by atoms with van der Waals surface area (Å²) in [6.45, 7) is 10.6. The summed E-state index contributed by atoms with van der Waals surface area (Å²) in [6, 6.07) is 0. The average molecular weight is 169 g/mol. The summed E-state index contributed by atoms with van der Waals surface area (Å²) in [5.74, 6) is 0.